The lowest BCUT2D eigenvalue weighted by Gasteiger charge is -2.16. The number of hydrogen-bond acceptors (Lipinski definition) is 5. The molecule has 1 aromatic heterocycles. The molecule has 39 heavy (non-hydrogen) atoms. The fourth-order valence-electron chi connectivity index (χ4n) is 4.77. The monoisotopic (exact) mass is 529 g/mol. The largest absolute Gasteiger partial charge is 0.493 e. The van der Waals surface area contributed by atoms with Gasteiger partial charge in [-0.05, 0) is 66.3 Å². The smallest absolute Gasteiger partial charge is 0.224 e. The van der Waals surface area contributed by atoms with Crippen LogP contribution in [0.25, 0.3) is 11.0 Å². The highest BCUT2D eigenvalue weighted by molar-refractivity contribution is 5.79. The minimum absolute atomic E-state index is 0.0248. The third-order valence-electron chi connectivity index (χ3n) is 6.81. The molecule has 1 amide bonds. The first kappa shape index (κ1) is 28.0. The quantitative estimate of drug-likeness (QED) is 0.220. The van der Waals surface area contributed by atoms with Gasteiger partial charge < -0.3 is 24.1 Å². The van der Waals surface area contributed by atoms with Crippen molar-refractivity contribution in [1.82, 2.24) is 14.9 Å². The zero-order valence-electron chi connectivity index (χ0n) is 23.6. The number of carbonyl (C=O) groups is 1. The number of methoxy groups -OCH3 is 2. The highest BCUT2D eigenvalue weighted by atomic mass is 16.5. The van der Waals surface area contributed by atoms with Gasteiger partial charge in [-0.25, -0.2) is 4.98 Å². The van der Waals surface area contributed by atoms with E-state index in [1.807, 2.05) is 36.4 Å². The van der Waals surface area contributed by atoms with Crippen LogP contribution in [-0.2, 0) is 24.2 Å². The average molecular weight is 530 g/mol. The molecule has 0 spiro atoms. The van der Waals surface area contributed by atoms with Crippen LogP contribution in [-0.4, -0.2) is 42.8 Å². The maximum atomic E-state index is 12.5. The molecule has 0 aliphatic heterocycles. The Hall–Kier alpha value is -4.00. The van der Waals surface area contributed by atoms with Crippen molar-refractivity contribution in [3.05, 3.63) is 83.2 Å². The molecular formula is C32H39N3O4. The molecule has 0 fully saturated rings. The Balaban J connectivity index is 1.34. The lowest BCUT2D eigenvalue weighted by Crippen LogP contribution is -2.26. The molecule has 1 N–H and O–H groups in total. The maximum absolute atomic E-state index is 12.5. The van der Waals surface area contributed by atoms with E-state index in [9.17, 15) is 4.79 Å². The Kier molecular flexibility index (Phi) is 9.47. The molecule has 3 aromatic carbocycles. The Labute approximate surface area is 231 Å². The second kappa shape index (κ2) is 13.2. The molecule has 0 bridgehead atoms. The third kappa shape index (κ3) is 7.11. The van der Waals surface area contributed by atoms with Crippen molar-refractivity contribution in [3.63, 3.8) is 0 Å². The van der Waals surface area contributed by atoms with Crippen molar-refractivity contribution in [2.75, 3.05) is 27.4 Å². The Morgan fingerprint density at radius 2 is 1.77 bits per heavy atom. The van der Waals surface area contributed by atoms with Crippen LogP contribution in [0.15, 0.2) is 60.7 Å². The second-order valence-electron chi connectivity index (χ2n) is 10.0. The van der Waals surface area contributed by atoms with Gasteiger partial charge in [0.15, 0.2) is 11.5 Å². The van der Waals surface area contributed by atoms with E-state index in [-0.39, 0.29) is 12.3 Å². The summed E-state index contributed by atoms with van der Waals surface area (Å²) >= 11 is 0. The molecule has 1 heterocycles. The van der Waals surface area contributed by atoms with Gasteiger partial charge in [0.2, 0.25) is 5.91 Å². The lowest BCUT2D eigenvalue weighted by molar-refractivity contribution is -0.120. The van der Waals surface area contributed by atoms with Gasteiger partial charge in [-0.15, -0.1) is 0 Å². The summed E-state index contributed by atoms with van der Waals surface area (Å²) in [6, 6.07) is 20.1. The molecule has 206 valence electrons. The summed E-state index contributed by atoms with van der Waals surface area (Å²) in [4.78, 5) is 17.4. The third-order valence-corrected chi connectivity index (χ3v) is 6.81. The first-order valence-electron chi connectivity index (χ1n) is 13.5. The molecule has 0 aliphatic carbocycles. The zero-order valence-corrected chi connectivity index (χ0v) is 23.6. The number of amides is 1. The number of para-hydroxylation sites is 2. The highest BCUT2D eigenvalue weighted by Crippen LogP contribution is 2.29. The molecule has 7 nitrogen and oxygen atoms in total. The number of nitrogens with zero attached hydrogens (tertiary/aromatic N) is 2. The van der Waals surface area contributed by atoms with E-state index in [1.165, 1.54) is 11.1 Å². The highest BCUT2D eigenvalue weighted by Gasteiger charge is 2.13. The van der Waals surface area contributed by atoms with Crippen LogP contribution < -0.4 is 19.5 Å². The molecule has 0 saturated carbocycles. The fraction of sp³-hybridized carbons (Fsp3) is 0.375. The molecule has 0 radical (unpaired) electrons. The average Bonchev–Trinajstić information content (AvgIpc) is 3.28. The van der Waals surface area contributed by atoms with Crippen LogP contribution in [0, 0.1) is 6.92 Å². The van der Waals surface area contributed by atoms with Gasteiger partial charge in [0.1, 0.15) is 18.2 Å². The minimum atomic E-state index is -0.0248. The van der Waals surface area contributed by atoms with Crippen molar-refractivity contribution >= 4 is 16.9 Å². The van der Waals surface area contributed by atoms with Gasteiger partial charge in [0, 0.05) is 13.0 Å². The summed E-state index contributed by atoms with van der Waals surface area (Å²) in [5.41, 5.74) is 5.36. The predicted molar refractivity (Wildman–Crippen MR) is 155 cm³/mol. The molecule has 0 atom stereocenters. The van der Waals surface area contributed by atoms with E-state index in [2.05, 4.69) is 54.9 Å². The number of nitrogens with one attached hydrogen (secondary N) is 1. The van der Waals surface area contributed by atoms with Crippen LogP contribution in [0.4, 0.5) is 0 Å². The normalized spacial score (nSPS) is 11.1. The van der Waals surface area contributed by atoms with E-state index in [0.29, 0.717) is 37.1 Å². The molecule has 4 rings (SSSR count). The second-order valence-corrected chi connectivity index (χ2v) is 10.0. The number of imidazole rings is 1. The Bertz CT molecular complexity index is 1410. The number of rotatable bonds is 13. The minimum Gasteiger partial charge on any atom is -0.493 e. The van der Waals surface area contributed by atoms with Crippen LogP contribution >= 0.6 is 0 Å². The number of carbonyl (C=O) groups excluding carboxylic acids is 1. The zero-order chi connectivity index (χ0) is 27.8. The van der Waals surface area contributed by atoms with Gasteiger partial charge in [-0.2, -0.15) is 0 Å². The molecule has 0 aliphatic rings. The first-order chi connectivity index (χ1) is 18.9. The predicted octanol–water partition coefficient (Wildman–Crippen LogP) is 5.86. The first-order valence-corrected chi connectivity index (χ1v) is 13.5. The summed E-state index contributed by atoms with van der Waals surface area (Å²) < 4.78 is 19.1. The topological polar surface area (TPSA) is 74.6 Å². The van der Waals surface area contributed by atoms with Crippen LogP contribution in [0.2, 0.25) is 0 Å². The summed E-state index contributed by atoms with van der Waals surface area (Å²) in [6.07, 6.45) is 1.83. The molecule has 0 saturated heterocycles. The van der Waals surface area contributed by atoms with E-state index in [4.69, 9.17) is 19.2 Å². The Morgan fingerprint density at radius 1 is 0.974 bits per heavy atom. The molecular weight excluding hydrogens is 490 g/mol. The van der Waals surface area contributed by atoms with E-state index < -0.39 is 0 Å². The number of hydrogen-bond donors (Lipinski definition) is 1. The maximum Gasteiger partial charge on any atom is 0.224 e. The number of ether oxygens (including phenoxy) is 3. The molecule has 0 unspecified atom stereocenters. The van der Waals surface area contributed by atoms with Crippen LogP contribution in [0.3, 0.4) is 0 Å². The van der Waals surface area contributed by atoms with Gasteiger partial charge in [0.25, 0.3) is 0 Å². The van der Waals surface area contributed by atoms with E-state index >= 15 is 0 Å². The van der Waals surface area contributed by atoms with Gasteiger partial charge >= 0.3 is 0 Å². The number of aryl methyl sites for hydroxylation is 2. The van der Waals surface area contributed by atoms with Gasteiger partial charge in [-0.3, -0.25) is 4.79 Å². The van der Waals surface area contributed by atoms with Crippen molar-refractivity contribution in [2.45, 2.75) is 52.5 Å². The number of fused-ring (bicyclic) bond motifs is 1. The van der Waals surface area contributed by atoms with Crippen molar-refractivity contribution in [1.29, 1.82) is 0 Å². The fourth-order valence-corrected chi connectivity index (χ4v) is 4.77. The lowest BCUT2D eigenvalue weighted by atomic mass is 10.0. The summed E-state index contributed by atoms with van der Waals surface area (Å²) in [5, 5.41) is 3.03. The summed E-state index contributed by atoms with van der Waals surface area (Å²) in [7, 11) is 3.19. The van der Waals surface area contributed by atoms with Gasteiger partial charge in [0.05, 0.1) is 38.2 Å². The molecule has 4 aromatic rings. The van der Waals surface area contributed by atoms with Gasteiger partial charge in [-0.1, -0.05) is 44.2 Å². The standard InChI is InChI=1S/C32H39N3O4/c1-22(2)25-14-12-23(3)19-29(25)39-18-17-35-27-10-7-6-9-26(27)34-31(35)11-8-16-33-32(36)21-24-13-15-28(37-4)30(20-24)38-5/h6-7,9-10,12-15,19-20,22H,8,11,16-18,21H2,1-5H3,(H,33,36). The van der Waals surface area contributed by atoms with Crippen molar-refractivity contribution in [3.8, 4) is 17.2 Å². The molecule has 7 heteroatoms. The Morgan fingerprint density at radius 3 is 2.54 bits per heavy atom. The summed E-state index contributed by atoms with van der Waals surface area (Å²) in [5.74, 6) is 3.59. The summed E-state index contributed by atoms with van der Waals surface area (Å²) in [6.45, 7) is 8.29. The van der Waals surface area contributed by atoms with Crippen LogP contribution in [0.5, 0.6) is 17.2 Å². The van der Waals surface area contributed by atoms with Crippen molar-refractivity contribution in [2.24, 2.45) is 0 Å². The number of benzene rings is 3. The number of aromatic nitrogens is 2. The van der Waals surface area contributed by atoms with Crippen LogP contribution in [0.1, 0.15) is 48.7 Å². The SMILES string of the molecule is COc1ccc(CC(=O)NCCCc2nc3ccccc3n2CCOc2cc(C)ccc2C(C)C)cc1OC. The van der Waals surface area contributed by atoms with E-state index in [1.54, 1.807) is 14.2 Å². The van der Waals surface area contributed by atoms with Crippen molar-refractivity contribution < 1.29 is 19.0 Å². The van der Waals surface area contributed by atoms with E-state index in [0.717, 1.165) is 41.0 Å².